The van der Waals surface area contributed by atoms with Gasteiger partial charge in [0, 0.05) is 25.4 Å². The van der Waals surface area contributed by atoms with Gasteiger partial charge in [-0.05, 0) is 12.8 Å². The molecule has 1 aromatic heterocycles. The highest BCUT2D eigenvalue weighted by Crippen LogP contribution is 2.35. The molecule has 1 aliphatic rings. The summed E-state index contributed by atoms with van der Waals surface area (Å²) in [5.41, 5.74) is 5.08. The molecule has 1 saturated heterocycles. The van der Waals surface area contributed by atoms with Crippen molar-refractivity contribution < 1.29 is 9.59 Å². The lowest BCUT2D eigenvalue weighted by molar-refractivity contribution is -0.130. The fourth-order valence-corrected chi connectivity index (χ4v) is 3.28. The molecule has 0 radical (unpaired) electrons. The minimum absolute atomic E-state index is 0.0904. The third kappa shape index (κ3) is 2.38. The van der Waals surface area contributed by atoms with Crippen LogP contribution >= 0.6 is 11.3 Å². The molecule has 6 heteroatoms. The molecule has 2 amide bonds. The molecule has 1 unspecified atom stereocenters. The maximum Gasteiger partial charge on any atom is 0.260 e. The van der Waals surface area contributed by atoms with Gasteiger partial charge in [-0.1, -0.05) is 6.92 Å². The van der Waals surface area contributed by atoms with Crippen LogP contribution in [0.1, 0.15) is 41.4 Å². The van der Waals surface area contributed by atoms with Crippen LogP contribution in [-0.4, -0.2) is 34.8 Å². The van der Waals surface area contributed by atoms with Gasteiger partial charge in [0.25, 0.3) is 5.91 Å². The van der Waals surface area contributed by atoms with Gasteiger partial charge in [-0.25, -0.2) is 4.98 Å². The molecule has 0 spiro atoms. The quantitative estimate of drug-likeness (QED) is 0.873. The summed E-state index contributed by atoms with van der Waals surface area (Å²) in [5, 5.41) is 0.891. The Morgan fingerprint density at radius 1 is 1.56 bits per heavy atom. The van der Waals surface area contributed by atoms with Crippen LogP contribution in [0.4, 0.5) is 0 Å². The summed E-state index contributed by atoms with van der Waals surface area (Å²) >= 11 is 1.34. The fraction of sp³-hybridized carbons (Fsp3) is 0.583. The Balaban J connectivity index is 2.23. The standard InChI is InChI=1S/C12H17N3O2S/c1-8(16)15-5-3-4-12(2,7-15)11-14-6-9(18-11)10(13)17/h6H,3-5,7H2,1-2H3,(H2,13,17). The van der Waals surface area contributed by atoms with Crippen LogP contribution in [0.15, 0.2) is 6.20 Å². The maximum absolute atomic E-state index is 11.5. The van der Waals surface area contributed by atoms with Gasteiger partial charge in [0.1, 0.15) is 9.88 Å². The summed E-state index contributed by atoms with van der Waals surface area (Å²) in [6, 6.07) is 0. The van der Waals surface area contributed by atoms with E-state index in [0.717, 1.165) is 24.4 Å². The van der Waals surface area contributed by atoms with Crippen LogP contribution in [0.2, 0.25) is 0 Å². The van der Waals surface area contributed by atoms with Gasteiger partial charge >= 0.3 is 0 Å². The highest BCUT2D eigenvalue weighted by molar-refractivity contribution is 7.13. The molecular formula is C12H17N3O2S. The van der Waals surface area contributed by atoms with Gasteiger partial charge < -0.3 is 10.6 Å². The minimum Gasteiger partial charge on any atom is -0.365 e. The summed E-state index contributed by atoms with van der Waals surface area (Å²) in [5.74, 6) is -0.353. The first-order valence-corrected chi connectivity index (χ1v) is 6.76. The largest absolute Gasteiger partial charge is 0.365 e. The number of nitrogens with zero attached hydrogens (tertiary/aromatic N) is 2. The van der Waals surface area contributed by atoms with E-state index in [-0.39, 0.29) is 11.3 Å². The number of rotatable bonds is 2. The molecule has 0 bridgehead atoms. The van der Waals surface area contributed by atoms with Crippen LogP contribution in [0, 0.1) is 0 Å². The van der Waals surface area contributed by atoms with Crippen LogP contribution in [0.5, 0.6) is 0 Å². The molecule has 1 atom stereocenters. The van der Waals surface area contributed by atoms with E-state index in [1.165, 1.54) is 17.5 Å². The fourth-order valence-electron chi connectivity index (χ4n) is 2.35. The van der Waals surface area contributed by atoms with Crippen LogP contribution in [0.3, 0.4) is 0 Å². The molecule has 2 rings (SSSR count). The van der Waals surface area contributed by atoms with Crippen LogP contribution in [-0.2, 0) is 10.2 Å². The Morgan fingerprint density at radius 3 is 2.83 bits per heavy atom. The Labute approximate surface area is 110 Å². The number of likely N-dealkylation sites (tertiary alicyclic amines) is 1. The number of hydrogen-bond acceptors (Lipinski definition) is 4. The Kier molecular flexibility index (Phi) is 3.38. The second-order valence-electron chi connectivity index (χ2n) is 5.00. The van der Waals surface area contributed by atoms with E-state index in [9.17, 15) is 9.59 Å². The zero-order valence-electron chi connectivity index (χ0n) is 10.6. The Hall–Kier alpha value is -1.43. The first-order valence-electron chi connectivity index (χ1n) is 5.94. The molecule has 1 fully saturated rings. The number of aromatic nitrogens is 1. The van der Waals surface area contributed by atoms with Gasteiger partial charge in [0.15, 0.2) is 0 Å². The third-order valence-corrected chi connectivity index (χ3v) is 4.72. The van der Waals surface area contributed by atoms with Crippen molar-refractivity contribution in [1.82, 2.24) is 9.88 Å². The van der Waals surface area contributed by atoms with E-state index in [1.807, 2.05) is 4.90 Å². The lowest BCUT2D eigenvalue weighted by atomic mass is 9.82. The number of primary amides is 1. The predicted molar refractivity (Wildman–Crippen MR) is 69.5 cm³/mol. The monoisotopic (exact) mass is 267 g/mol. The number of nitrogens with two attached hydrogens (primary N) is 1. The van der Waals surface area contributed by atoms with E-state index in [0.29, 0.717) is 11.4 Å². The molecule has 0 saturated carbocycles. The molecule has 2 heterocycles. The van der Waals surface area contributed by atoms with Crippen molar-refractivity contribution in [1.29, 1.82) is 0 Å². The molecular weight excluding hydrogens is 250 g/mol. The smallest absolute Gasteiger partial charge is 0.260 e. The number of carbonyl (C=O) groups excluding carboxylic acids is 2. The van der Waals surface area contributed by atoms with Gasteiger partial charge in [-0.2, -0.15) is 0 Å². The van der Waals surface area contributed by atoms with Crippen molar-refractivity contribution in [3.63, 3.8) is 0 Å². The molecule has 1 aromatic rings. The summed E-state index contributed by atoms with van der Waals surface area (Å²) < 4.78 is 0. The van der Waals surface area contributed by atoms with E-state index < -0.39 is 5.91 Å². The Morgan fingerprint density at radius 2 is 2.28 bits per heavy atom. The SMILES string of the molecule is CC(=O)N1CCCC(C)(c2ncc(C(N)=O)s2)C1. The summed E-state index contributed by atoms with van der Waals surface area (Å²) in [6.07, 6.45) is 3.46. The highest BCUT2D eigenvalue weighted by Gasteiger charge is 2.36. The van der Waals surface area contributed by atoms with E-state index >= 15 is 0 Å². The average molecular weight is 267 g/mol. The van der Waals surface area contributed by atoms with E-state index in [4.69, 9.17) is 5.73 Å². The molecule has 5 nitrogen and oxygen atoms in total. The molecule has 18 heavy (non-hydrogen) atoms. The van der Waals surface area contributed by atoms with Crippen molar-refractivity contribution in [2.75, 3.05) is 13.1 Å². The van der Waals surface area contributed by atoms with Crippen LogP contribution in [0.25, 0.3) is 0 Å². The third-order valence-electron chi connectivity index (χ3n) is 3.41. The number of piperidine rings is 1. The Bertz CT molecular complexity index is 485. The van der Waals surface area contributed by atoms with Crippen molar-refractivity contribution in [3.05, 3.63) is 16.1 Å². The molecule has 0 aliphatic carbocycles. The average Bonchev–Trinajstić information content (AvgIpc) is 2.79. The summed E-state index contributed by atoms with van der Waals surface area (Å²) in [4.78, 5) is 29.2. The van der Waals surface area contributed by atoms with Gasteiger partial charge in [-0.3, -0.25) is 9.59 Å². The number of amides is 2. The van der Waals surface area contributed by atoms with Gasteiger partial charge in [0.2, 0.25) is 5.91 Å². The van der Waals surface area contributed by atoms with Gasteiger partial charge in [0.05, 0.1) is 6.20 Å². The summed E-state index contributed by atoms with van der Waals surface area (Å²) in [7, 11) is 0. The highest BCUT2D eigenvalue weighted by atomic mass is 32.1. The zero-order valence-corrected chi connectivity index (χ0v) is 11.4. The van der Waals surface area contributed by atoms with E-state index in [1.54, 1.807) is 6.92 Å². The second kappa shape index (κ2) is 4.68. The normalized spacial score (nSPS) is 24.0. The zero-order chi connectivity index (χ0) is 13.3. The van der Waals surface area contributed by atoms with Gasteiger partial charge in [-0.15, -0.1) is 11.3 Å². The number of hydrogen-bond donors (Lipinski definition) is 1. The minimum atomic E-state index is -0.443. The van der Waals surface area contributed by atoms with Crippen molar-refractivity contribution in [2.24, 2.45) is 5.73 Å². The van der Waals surface area contributed by atoms with Crippen molar-refractivity contribution in [2.45, 2.75) is 32.1 Å². The number of thiazole rings is 1. The predicted octanol–water partition coefficient (Wildman–Crippen LogP) is 1.14. The second-order valence-corrected chi connectivity index (χ2v) is 6.03. The van der Waals surface area contributed by atoms with Crippen molar-refractivity contribution >= 4 is 23.2 Å². The number of carbonyl (C=O) groups is 2. The first kappa shape index (κ1) is 13.0. The lowest BCUT2D eigenvalue weighted by Gasteiger charge is -2.38. The molecule has 2 N–H and O–H groups in total. The topological polar surface area (TPSA) is 76.3 Å². The molecule has 0 aromatic carbocycles. The molecule has 1 aliphatic heterocycles. The maximum atomic E-state index is 11.5. The first-order chi connectivity index (χ1) is 8.42. The lowest BCUT2D eigenvalue weighted by Crippen LogP contribution is -2.46. The summed E-state index contributed by atoms with van der Waals surface area (Å²) in [6.45, 7) is 5.14. The van der Waals surface area contributed by atoms with Crippen molar-refractivity contribution in [3.8, 4) is 0 Å². The van der Waals surface area contributed by atoms with Crippen LogP contribution < -0.4 is 5.73 Å². The molecule has 98 valence electrons. The van der Waals surface area contributed by atoms with E-state index in [2.05, 4.69) is 11.9 Å².